The van der Waals surface area contributed by atoms with Crippen LogP contribution in [-0.4, -0.2) is 25.9 Å². The van der Waals surface area contributed by atoms with E-state index in [-0.39, 0.29) is 11.2 Å². The Balaban J connectivity index is 1.70. The van der Waals surface area contributed by atoms with Crippen LogP contribution in [0, 0.1) is 0 Å². The van der Waals surface area contributed by atoms with E-state index in [1.54, 1.807) is 18.2 Å². The summed E-state index contributed by atoms with van der Waals surface area (Å²) in [5, 5.41) is 12.6. The van der Waals surface area contributed by atoms with Gasteiger partial charge in [-0.3, -0.25) is 4.79 Å². The molecule has 2 aromatic rings. The van der Waals surface area contributed by atoms with Gasteiger partial charge in [-0.2, -0.15) is 0 Å². The summed E-state index contributed by atoms with van der Waals surface area (Å²) in [7, 11) is 0. The SMILES string of the molecule is CCn1c(S[C@@H](C)C(=O)Nc2c(Cl)cccc2Cl)nnc1C1CC1. The smallest absolute Gasteiger partial charge is 0.237 e. The van der Waals surface area contributed by atoms with Gasteiger partial charge in [-0.25, -0.2) is 0 Å². The van der Waals surface area contributed by atoms with Crippen LogP contribution in [0.5, 0.6) is 0 Å². The van der Waals surface area contributed by atoms with Crippen LogP contribution in [0.25, 0.3) is 0 Å². The van der Waals surface area contributed by atoms with Crippen molar-refractivity contribution in [1.82, 2.24) is 14.8 Å². The lowest BCUT2D eigenvalue weighted by Gasteiger charge is -2.14. The molecule has 1 saturated carbocycles. The Labute approximate surface area is 155 Å². The number of hydrogen-bond acceptors (Lipinski definition) is 4. The zero-order valence-electron chi connectivity index (χ0n) is 13.4. The Kier molecular flexibility index (Phi) is 5.37. The minimum Gasteiger partial charge on any atom is -0.323 e. The molecule has 1 amide bonds. The maximum absolute atomic E-state index is 12.5. The van der Waals surface area contributed by atoms with Crippen LogP contribution in [-0.2, 0) is 11.3 Å². The summed E-state index contributed by atoms with van der Waals surface area (Å²) in [4.78, 5) is 12.5. The fraction of sp³-hybridized carbons (Fsp3) is 0.438. The fourth-order valence-electron chi connectivity index (χ4n) is 2.38. The normalized spacial score (nSPS) is 15.3. The number of nitrogens with one attached hydrogen (secondary N) is 1. The minimum absolute atomic E-state index is 0.173. The van der Waals surface area contributed by atoms with E-state index >= 15 is 0 Å². The van der Waals surface area contributed by atoms with E-state index in [1.165, 1.54) is 24.6 Å². The van der Waals surface area contributed by atoms with Crippen LogP contribution in [0.3, 0.4) is 0 Å². The zero-order valence-corrected chi connectivity index (χ0v) is 15.8. The summed E-state index contributed by atoms with van der Waals surface area (Å²) >= 11 is 13.6. The van der Waals surface area contributed by atoms with E-state index in [1.807, 2.05) is 6.92 Å². The molecule has 0 spiro atoms. The van der Waals surface area contributed by atoms with Crippen molar-refractivity contribution >= 4 is 46.6 Å². The van der Waals surface area contributed by atoms with Crippen molar-refractivity contribution < 1.29 is 4.79 Å². The van der Waals surface area contributed by atoms with E-state index in [2.05, 4.69) is 27.0 Å². The van der Waals surface area contributed by atoms with Gasteiger partial charge in [-0.1, -0.05) is 41.0 Å². The van der Waals surface area contributed by atoms with Gasteiger partial charge in [0.1, 0.15) is 5.82 Å². The molecule has 1 N–H and O–H groups in total. The summed E-state index contributed by atoms with van der Waals surface area (Å²) < 4.78 is 2.09. The lowest BCUT2D eigenvalue weighted by Crippen LogP contribution is -2.23. The van der Waals surface area contributed by atoms with Gasteiger partial charge in [0.25, 0.3) is 0 Å². The largest absolute Gasteiger partial charge is 0.323 e. The predicted molar refractivity (Wildman–Crippen MR) is 98.1 cm³/mol. The molecule has 1 fully saturated rings. The average molecular weight is 385 g/mol. The number of hydrogen-bond donors (Lipinski definition) is 1. The van der Waals surface area contributed by atoms with Gasteiger partial charge in [0.2, 0.25) is 5.91 Å². The predicted octanol–water partition coefficient (Wildman–Crippen LogP) is 4.60. The third-order valence-corrected chi connectivity index (χ3v) is 5.58. The number of benzene rings is 1. The van der Waals surface area contributed by atoms with Gasteiger partial charge in [-0.05, 0) is 38.8 Å². The second-order valence-corrected chi connectivity index (χ2v) is 7.83. The number of para-hydroxylation sites is 1. The molecule has 0 aliphatic heterocycles. The Morgan fingerprint density at radius 2 is 2.04 bits per heavy atom. The molecule has 0 bridgehead atoms. The van der Waals surface area contributed by atoms with Crippen molar-refractivity contribution in [2.24, 2.45) is 0 Å². The molecular weight excluding hydrogens is 367 g/mol. The van der Waals surface area contributed by atoms with Crippen molar-refractivity contribution in [2.45, 2.75) is 49.6 Å². The highest BCUT2D eigenvalue weighted by atomic mass is 35.5. The second-order valence-electron chi connectivity index (χ2n) is 5.71. The molecule has 1 aliphatic rings. The molecule has 1 atom stereocenters. The molecule has 1 aromatic carbocycles. The molecule has 128 valence electrons. The van der Waals surface area contributed by atoms with Crippen LogP contribution in [0.15, 0.2) is 23.4 Å². The topological polar surface area (TPSA) is 59.8 Å². The summed E-state index contributed by atoms with van der Waals surface area (Å²) in [5.74, 6) is 1.38. The van der Waals surface area contributed by atoms with Crippen LogP contribution >= 0.6 is 35.0 Å². The lowest BCUT2D eigenvalue weighted by atomic mass is 10.3. The number of carbonyl (C=O) groups excluding carboxylic acids is 1. The highest BCUT2D eigenvalue weighted by molar-refractivity contribution is 8.00. The van der Waals surface area contributed by atoms with E-state index in [0.717, 1.165) is 17.5 Å². The Morgan fingerprint density at radius 1 is 1.38 bits per heavy atom. The van der Waals surface area contributed by atoms with Gasteiger partial charge in [0.15, 0.2) is 5.16 Å². The van der Waals surface area contributed by atoms with Crippen LogP contribution < -0.4 is 5.32 Å². The zero-order chi connectivity index (χ0) is 17.3. The highest BCUT2D eigenvalue weighted by Gasteiger charge is 2.30. The molecule has 8 heteroatoms. The van der Waals surface area contributed by atoms with Gasteiger partial charge in [0.05, 0.1) is 21.0 Å². The van der Waals surface area contributed by atoms with Crippen molar-refractivity contribution in [1.29, 1.82) is 0 Å². The number of nitrogens with zero attached hydrogens (tertiary/aromatic N) is 3. The second kappa shape index (κ2) is 7.33. The number of amides is 1. The summed E-state index contributed by atoms with van der Waals surface area (Å²) in [6.45, 7) is 4.69. The number of thioether (sulfide) groups is 1. The van der Waals surface area contributed by atoms with Crippen LogP contribution in [0.4, 0.5) is 5.69 Å². The molecule has 24 heavy (non-hydrogen) atoms. The Bertz CT molecular complexity index is 740. The quantitative estimate of drug-likeness (QED) is 0.739. The summed E-state index contributed by atoms with van der Waals surface area (Å²) in [6, 6.07) is 5.12. The molecule has 0 saturated heterocycles. The van der Waals surface area contributed by atoms with E-state index in [0.29, 0.717) is 21.7 Å². The minimum atomic E-state index is -0.348. The molecule has 1 heterocycles. The molecule has 3 rings (SSSR count). The van der Waals surface area contributed by atoms with E-state index < -0.39 is 0 Å². The third kappa shape index (κ3) is 3.71. The van der Waals surface area contributed by atoms with E-state index in [9.17, 15) is 4.79 Å². The van der Waals surface area contributed by atoms with Crippen LogP contribution in [0.1, 0.15) is 38.4 Å². The van der Waals surface area contributed by atoms with Crippen molar-refractivity contribution in [3.63, 3.8) is 0 Å². The van der Waals surface area contributed by atoms with Crippen molar-refractivity contribution in [3.05, 3.63) is 34.1 Å². The molecule has 0 radical (unpaired) electrons. The number of rotatable bonds is 6. The number of carbonyl (C=O) groups is 1. The first-order valence-corrected chi connectivity index (χ1v) is 9.49. The molecule has 1 aliphatic carbocycles. The standard InChI is InChI=1S/C16H18Cl2N4OS/c1-3-22-14(10-7-8-10)20-21-16(22)24-9(2)15(23)19-13-11(17)5-4-6-12(13)18/h4-6,9-10H,3,7-8H2,1-2H3,(H,19,23)/t9-/m0/s1. The van der Waals surface area contributed by atoms with Crippen LogP contribution in [0.2, 0.25) is 10.0 Å². The molecular formula is C16H18Cl2N4OS. The third-order valence-electron chi connectivity index (χ3n) is 3.87. The van der Waals surface area contributed by atoms with Gasteiger partial charge in [-0.15, -0.1) is 10.2 Å². The molecule has 0 unspecified atom stereocenters. The Hall–Kier alpha value is -1.24. The highest BCUT2D eigenvalue weighted by Crippen LogP contribution is 2.40. The maximum atomic E-state index is 12.5. The molecule has 5 nitrogen and oxygen atoms in total. The summed E-state index contributed by atoms with van der Waals surface area (Å²) in [5.41, 5.74) is 0.439. The lowest BCUT2D eigenvalue weighted by molar-refractivity contribution is -0.115. The Morgan fingerprint density at radius 3 is 2.62 bits per heavy atom. The first-order chi connectivity index (χ1) is 11.5. The maximum Gasteiger partial charge on any atom is 0.237 e. The monoisotopic (exact) mass is 384 g/mol. The van der Waals surface area contributed by atoms with Crippen molar-refractivity contribution in [2.75, 3.05) is 5.32 Å². The van der Waals surface area contributed by atoms with Gasteiger partial charge in [0, 0.05) is 12.5 Å². The fourth-order valence-corrected chi connectivity index (χ4v) is 3.79. The first kappa shape index (κ1) is 17.6. The average Bonchev–Trinajstić information content (AvgIpc) is 3.32. The van der Waals surface area contributed by atoms with E-state index in [4.69, 9.17) is 23.2 Å². The molecule has 1 aromatic heterocycles. The first-order valence-electron chi connectivity index (χ1n) is 7.85. The number of halogens is 2. The number of anilines is 1. The van der Waals surface area contributed by atoms with Crippen molar-refractivity contribution in [3.8, 4) is 0 Å². The number of aromatic nitrogens is 3. The van der Waals surface area contributed by atoms with Gasteiger partial charge < -0.3 is 9.88 Å². The summed E-state index contributed by atoms with van der Waals surface area (Å²) in [6.07, 6.45) is 2.34. The van der Waals surface area contributed by atoms with Gasteiger partial charge >= 0.3 is 0 Å².